The van der Waals surface area contributed by atoms with Crippen molar-refractivity contribution in [2.75, 3.05) is 26.2 Å². The average molecular weight is 286 g/mol. The van der Waals surface area contributed by atoms with Crippen LogP contribution in [0, 0.1) is 12.8 Å². The van der Waals surface area contributed by atoms with Gasteiger partial charge in [0.2, 0.25) is 0 Å². The first-order valence-electron chi connectivity index (χ1n) is 8.77. The largest absolute Gasteiger partial charge is 0.314 e. The molecule has 1 N–H and O–H groups in total. The van der Waals surface area contributed by atoms with Gasteiger partial charge >= 0.3 is 0 Å². The van der Waals surface area contributed by atoms with Crippen LogP contribution in [0.3, 0.4) is 0 Å². The fourth-order valence-electron chi connectivity index (χ4n) is 3.74. The summed E-state index contributed by atoms with van der Waals surface area (Å²) in [7, 11) is 0. The Morgan fingerprint density at radius 2 is 1.76 bits per heavy atom. The van der Waals surface area contributed by atoms with Crippen molar-refractivity contribution in [3.8, 4) is 0 Å². The summed E-state index contributed by atoms with van der Waals surface area (Å²) in [5.74, 6) is 1.70. The zero-order valence-electron chi connectivity index (χ0n) is 13.6. The highest BCUT2D eigenvalue weighted by Gasteiger charge is 2.30. The second-order valence-corrected chi connectivity index (χ2v) is 7.06. The van der Waals surface area contributed by atoms with Crippen LogP contribution < -0.4 is 5.32 Å². The van der Waals surface area contributed by atoms with Gasteiger partial charge in [0.25, 0.3) is 0 Å². The molecule has 3 rings (SSSR count). The third-order valence-corrected chi connectivity index (χ3v) is 5.54. The second kappa shape index (κ2) is 6.93. The number of benzene rings is 1. The van der Waals surface area contributed by atoms with Gasteiger partial charge in [0, 0.05) is 6.04 Å². The Bertz CT molecular complexity index is 425. The predicted molar refractivity (Wildman–Crippen MR) is 89.8 cm³/mol. The van der Waals surface area contributed by atoms with Gasteiger partial charge in [-0.05, 0) is 76.2 Å². The van der Waals surface area contributed by atoms with Crippen LogP contribution in [0.2, 0.25) is 0 Å². The van der Waals surface area contributed by atoms with E-state index >= 15 is 0 Å². The molecule has 0 atom stereocenters. The van der Waals surface area contributed by atoms with Crippen LogP contribution in [-0.4, -0.2) is 37.1 Å². The highest BCUT2D eigenvalue weighted by molar-refractivity contribution is 5.26. The van der Waals surface area contributed by atoms with Gasteiger partial charge in [-0.15, -0.1) is 0 Å². The Balaban J connectivity index is 1.35. The molecule has 0 bridgehead atoms. The fourth-order valence-corrected chi connectivity index (χ4v) is 3.74. The minimum absolute atomic E-state index is 0.764. The number of aryl methyl sites for hydroxylation is 1. The molecule has 0 radical (unpaired) electrons. The van der Waals surface area contributed by atoms with Gasteiger partial charge in [0.15, 0.2) is 0 Å². The summed E-state index contributed by atoms with van der Waals surface area (Å²) >= 11 is 0. The van der Waals surface area contributed by atoms with E-state index in [2.05, 4.69) is 48.3 Å². The van der Waals surface area contributed by atoms with Crippen molar-refractivity contribution in [2.24, 2.45) is 5.92 Å². The molecule has 1 aliphatic carbocycles. The summed E-state index contributed by atoms with van der Waals surface area (Å²) in [5, 5.41) is 3.81. The topological polar surface area (TPSA) is 15.3 Å². The smallest absolute Gasteiger partial charge is 0.00788 e. The second-order valence-electron chi connectivity index (χ2n) is 7.06. The van der Waals surface area contributed by atoms with E-state index in [1.807, 2.05) is 0 Å². The van der Waals surface area contributed by atoms with Crippen molar-refractivity contribution in [3.05, 3.63) is 35.4 Å². The standard InChI is InChI=1S/C19H30N2/c1-3-21-10-8-16(9-11-21)14-20-19-12-18(13-19)17-6-4-15(2)5-7-17/h4-7,16,18-20H,3,8-14H2,1-2H3. The van der Waals surface area contributed by atoms with E-state index in [1.165, 1.54) is 63.0 Å². The van der Waals surface area contributed by atoms with Crippen LogP contribution in [-0.2, 0) is 0 Å². The molecule has 0 aromatic heterocycles. The molecule has 1 saturated heterocycles. The van der Waals surface area contributed by atoms with E-state index in [9.17, 15) is 0 Å². The van der Waals surface area contributed by atoms with Gasteiger partial charge < -0.3 is 10.2 Å². The Kier molecular flexibility index (Phi) is 4.97. The zero-order valence-corrected chi connectivity index (χ0v) is 13.6. The van der Waals surface area contributed by atoms with Crippen LogP contribution in [0.1, 0.15) is 49.7 Å². The minimum atomic E-state index is 0.764. The first-order chi connectivity index (χ1) is 10.2. The summed E-state index contributed by atoms with van der Waals surface area (Å²) in [5.41, 5.74) is 2.90. The molecular formula is C19H30N2. The van der Waals surface area contributed by atoms with E-state index < -0.39 is 0 Å². The number of hydrogen-bond donors (Lipinski definition) is 1. The molecule has 2 heteroatoms. The van der Waals surface area contributed by atoms with Crippen molar-refractivity contribution < 1.29 is 0 Å². The monoisotopic (exact) mass is 286 g/mol. The molecule has 0 unspecified atom stereocenters. The van der Waals surface area contributed by atoms with Crippen LogP contribution >= 0.6 is 0 Å². The van der Waals surface area contributed by atoms with Crippen molar-refractivity contribution in [1.29, 1.82) is 0 Å². The van der Waals surface area contributed by atoms with Crippen molar-refractivity contribution in [1.82, 2.24) is 10.2 Å². The van der Waals surface area contributed by atoms with Crippen LogP contribution in [0.5, 0.6) is 0 Å². The third kappa shape index (κ3) is 3.87. The number of nitrogens with one attached hydrogen (secondary N) is 1. The van der Waals surface area contributed by atoms with Gasteiger partial charge in [0.05, 0.1) is 0 Å². The quantitative estimate of drug-likeness (QED) is 0.890. The van der Waals surface area contributed by atoms with E-state index in [4.69, 9.17) is 0 Å². The maximum atomic E-state index is 3.81. The summed E-state index contributed by atoms with van der Waals surface area (Å²) in [6.07, 6.45) is 5.43. The maximum Gasteiger partial charge on any atom is 0.00788 e. The summed E-state index contributed by atoms with van der Waals surface area (Å²) in [4.78, 5) is 2.58. The Labute approximate surface area is 129 Å². The average Bonchev–Trinajstić information content (AvgIpc) is 2.48. The molecular weight excluding hydrogens is 256 g/mol. The van der Waals surface area contributed by atoms with E-state index in [-0.39, 0.29) is 0 Å². The lowest BCUT2D eigenvalue weighted by Gasteiger charge is -2.38. The van der Waals surface area contributed by atoms with Crippen molar-refractivity contribution in [2.45, 2.75) is 51.5 Å². The van der Waals surface area contributed by atoms with Crippen molar-refractivity contribution >= 4 is 0 Å². The molecule has 2 aliphatic rings. The highest BCUT2D eigenvalue weighted by atomic mass is 15.1. The number of likely N-dealkylation sites (tertiary alicyclic amines) is 1. The van der Waals surface area contributed by atoms with Gasteiger partial charge in [-0.2, -0.15) is 0 Å². The Morgan fingerprint density at radius 3 is 2.38 bits per heavy atom. The molecule has 116 valence electrons. The normalized spacial score (nSPS) is 27.5. The number of piperidine rings is 1. The van der Waals surface area contributed by atoms with Crippen LogP contribution in [0.15, 0.2) is 24.3 Å². The van der Waals surface area contributed by atoms with Gasteiger partial charge in [-0.3, -0.25) is 0 Å². The SMILES string of the molecule is CCN1CCC(CNC2CC(c3ccc(C)cc3)C2)CC1. The first kappa shape index (κ1) is 15.1. The van der Waals surface area contributed by atoms with Gasteiger partial charge in [-0.25, -0.2) is 0 Å². The van der Waals surface area contributed by atoms with E-state index in [0.717, 1.165) is 17.9 Å². The molecule has 1 heterocycles. The first-order valence-corrected chi connectivity index (χ1v) is 8.77. The predicted octanol–water partition coefficient (Wildman–Crippen LogP) is 3.56. The maximum absolute atomic E-state index is 3.81. The van der Waals surface area contributed by atoms with Gasteiger partial charge in [0.1, 0.15) is 0 Å². The molecule has 2 nitrogen and oxygen atoms in total. The highest BCUT2D eigenvalue weighted by Crippen LogP contribution is 2.37. The molecule has 1 aliphatic heterocycles. The van der Waals surface area contributed by atoms with Crippen LogP contribution in [0.25, 0.3) is 0 Å². The van der Waals surface area contributed by atoms with Crippen LogP contribution in [0.4, 0.5) is 0 Å². The van der Waals surface area contributed by atoms with E-state index in [1.54, 1.807) is 0 Å². The lowest BCUT2D eigenvalue weighted by Crippen LogP contribution is -2.44. The number of hydrogen-bond acceptors (Lipinski definition) is 2. The zero-order chi connectivity index (χ0) is 14.7. The molecule has 1 aromatic rings. The molecule has 0 amide bonds. The summed E-state index contributed by atoms with van der Waals surface area (Å²) < 4.78 is 0. The van der Waals surface area contributed by atoms with Crippen molar-refractivity contribution in [3.63, 3.8) is 0 Å². The minimum Gasteiger partial charge on any atom is -0.314 e. The Hall–Kier alpha value is -0.860. The number of rotatable bonds is 5. The summed E-state index contributed by atoms with van der Waals surface area (Å²) in [6, 6.07) is 9.89. The third-order valence-electron chi connectivity index (χ3n) is 5.54. The molecule has 2 fully saturated rings. The molecule has 1 saturated carbocycles. The summed E-state index contributed by atoms with van der Waals surface area (Å²) in [6.45, 7) is 9.51. The number of nitrogens with zero attached hydrogens (tertiary/aromatic N) is 1. The van der Waals surface area contributed by atoms with E-state index in [0.29, 0.717) is 0 Å². The molecule has 0 spiro atoms. The van der Waals surface area contributed by atoms with Gasteiger partial charge in [-0.1, -0.05) is 36.8 Å². The molecule has 21 heavy (non-hydrogen) atoms. The Morgan fingerprint density at radius 1 is 1.10 bits per heavy atom. The lowest BCUT2D eigenvalue weighted by molar-refractivity contribution is 0.179. The lowest BCUT2D eigenvalue weighted by atomic mass is 9.75. The fraction of sp³-hybridized carbons (Fsp3) is 0.684. The molecule has 1 aromatic carbocycles.